The summed E-state index contributed by atoms with van der Waals surface area (Å²) in [6.45, 7) is 0.324. The van der Waals surface area contributed by atoms with Gasteiger partial charge in [0.2, 0.25) is 0 Å². The number of anilines is 1. The molecule has 9 heteroatoms. The lowest BCUT2D eigenvalue weighted by molar-refractivity contribution is -0.384. The maximum Gasteiger partial charge on any atom is 0.289 e. The number of amides is 1. The molecule has 0 unspecified atom stereocenters. The Morgan fingerprint density at radius 2 is 1.96 bits per heavy atom. The second kappa shape index (κ2) is 8.85. The lowest BCUT2D eigenvalue weighted by Gasteiger charge is -2.06. The van der Waals surface area contributed by atoms with E-state index in [0.29, 0.717) is 11.6 Å². The summed E-state index contributed by atoms with van der Waals surface area (Å²) in [6.07, 6.45) is 1.25. The number of nitriles is 1. The van der Waals surface area contributed by atoms with Gasteiger partial charge in [-0.1, -0.05) is 41.4 Å². The normalized spacial score (nSPS) is 10.7. The molecular weight excluding hydrogens is 379 g/mol. The lowest BCUT2D eigenvalue weighted by Crippen LogP contribution is -2.16. The monoisotopic (exact) mass is 390 g/mol. The van der Waals surface area contributed by atoms with Crippen LogP contribution in [-0.2, 0) is 11.3 Å². The predicted octanol–water partition coefficient (Wildman–Crippen LogP) is 4.04. The summed E-state index contributed by atoms with van der Waals surface area (Å²) in [4.78, 5) is 22.4. The number of nitrogens with one attached hydrogen (secondary N) is 2. The zero-order valence-corrected chi connectivity index (χ0v) is 14.7. The number of rotatable bonds is 6. The third kappa shape index (κ3) is 4.96. The summed E-state index contributed by atoms with van der Waals surface area (Å²) in [5, 5.41) is 25.8. The van der Waals surface area contributed by atoms with Crippen LogP contribution in [0.15, 0.2) is 54.2 Å². The molecule has 26 heavy (non-hydrogen) atoms. The van der Waals surface area contributed by atoms with Gasteiger partial charge in [0.15, 0.2) is 0 Å². The van der Waals surface area contributed by atoms with Crippen molar-refractivity contribution in [2.45, 2.75) is 6.54 Å². The molecule has 2 rings (SSSR count). The number of halogens is 2. The quantitative estimate of drug-likeness (QED) is 0.334. The molecule has 0 saturated heterocycles. The molecule has 0 aliphatic rings. The SMILES string of the molecule is N#C/C(=C/NCc1ccccc1Cl)C(=O)Nc1ccc(Cl)c([N+](=O)[O-])c1. The first-order valence-corrected chi connectivity index (χ1v) is 8.00. The van der Waals surface area contributed by atoms with E-state index in [2.05, 4.69) is 10.6 Å². The fraction of sp³-hybridized carbons (Fsp3) is 0.0588. The average molecular weight is 391 g/mol. The van der Waals surface area contributed by atoms with E-state index in [-0.39, 0.29) is 22.0 Å². The molecule has 132 valence electrons. The molecule has 0 aliphatic heterocycles. The maximum absolute atomic E-state index is 12.1. The minimum Gasteiger partial charge on any atom is -0.386 e. The van der Waals surface area contributed by atoms with Crippen LogP contribution in [-0.4, -0.2) is 10.8 Å². The highest BCUT2D eigenvalue weighted by atomic mass is 35.5. The Balaban J connectivity index is 2.07. The summed E-state index contributed by atoms with van der Waals surface area (Å²) in [6, 6.07) is 12.7. The van der Waals surface area contributed by atoms with Gasteiger partial charge in [0, 0.05) is 29.5 Å². The van der Waals surface area contributed by atoms with Crippen LogP contribution in [0.2, 0.25) is 10.0 Å². The number of carbonyl (C=O) groups excluding carboxylic acids is 1. The highest BCUT2D eigenvalue weighted by Gasteiger charge is 2.15. The maximum atomic E-state index is 12.1. The zero-order valence-electron chi connectivity index (χ0n) is 13.2. The van der Waals surface area contributed by atoms with Crippen molar-refractivity contribution < 1.29 is 9.72 Å². The van der Waals surface area contributed by atoms with Gasteiger partial charge in [0.1, 0.15) is 16.7 Å². The van der Waals surface area contributed by atoms with Crippen LogP contribution in [0.5, 0.6) is 0 Å². The Bertz CT molecular complexity index is 922. The molecule has 1 amide bonds. The van der Waals surface area contributed by atoms with Crippen LogP contribution in [0.25, 0.3) is 0 Å². The van der Waals surface area contributed by atoms with Crippen LogP contribution in [0.3, 0.4) is 0 Å². The Labute approximate surface area is 159 Å². The summed E-state index contributed by atoms with van der Waals surface area (Å²) in [5.41, 5.74) is 0.410. The van der Waals surface area contributed by atoms with E-state index in [0.717, 1.165) is 11.6 Å². The topological polar surface area (TPSA) is 108 Å². The molecule has 2 aromatic carbocycles. The van der Waals surface area contributed by atoms with Crippen molar-refractivity contribution in [3.63, 3.8) is 0 Å². The second-order valence-corrected chi connectivity index (χ2v) is 5.83. The third-order valence-electron chi connectivity index (χ3n) is 3.26. The van der Waals surface area contributed by atoms with Crippen molar-refractivity contribution in [2.24, 2.45) is 0 Å². The molecule has 2 aromatic rings. The van der Waals surface area contributed by atoms with E-state index >= 15 is 0 Å². The van der Waals surface area contributed by atoms with Gasteiger partial charge in [0.05, 0.1) is 4.92 Å². The minimum absolute atomic E-state index is 0.0505. The highest BCUT2D eigenvalue weighted by Crippen LogP contribution is 2.27. The number of hydrogen-bond donors (Lipinski definition) is 2. The van der Waals surface area contributed by atoms with E-state index < -0.39 is 10.8 Å². The summed E-state index contributed by atoms with van der Waals surface area (Å²) >= 11 is 11.7. The number of carbonyl (C=O) groups is 1. The van der Waals surface area contributed by atoms with Crippen LogP contribution in [0.1, 0.15) is 5.56 Å². The van der Waals surface area contributed by atoms with Gasteiger partial charge in [-0.3, -0.25) is 14.9 Å². The predicted molar refractivity (Wildman–Crippen MR) is 98.7 cm³/mol. The first-order chi connectivity index (χ1) is 12.4. The number of benzene rings is 2. The van der Waals surface area contributed by atoms with Gasteiger partial charge >= 0.3 is 0 Å². The Kier molecular flexibility index (Phi) is 6.55. The molecule has 0 fully saturated rings. The Morgan fingerprint density at radius 3 is 2.62 bits per heavy atom. The fourth-order valence-electron chi connectivity index (χ4n) is 1.98. The van der Waals surface area contributed by atoms with Crippen LogP contribution in [0.4, 0.5) is 11.4 Å². The molecule has 0 atom stereocenters. The van der Waals surface area contributed by atoms with Gasteiger partial charge in [-0.05, 0) is 23.8 Å². The third-order valence-corrected chi connectivity index (χ3v) is 3.95. The van der Waals surface area contributed by atoms with Crippen LogP contribution in [0, 0.1) is 21.4 Å². The number of nitrogens with zero attached hydrogens (tertiary/aromatic N) is 2. The molecule has 0 aromatic heterocycles. The molecule has 0 radical (unpaired) electrons. The molecule has 0 saturated carbocycles. The van der Waals surface area contributed by atoms with Crippen LogP contribution >= 0.6 is 23.2 Å². The number of hydrogen-bond acceptors (Lipinski definition) is 5. The van der Waals surface area contributed by atoms with E-state index in [1.54, 1.807) is 18.2 Å². The highest BCUT2D eigenvalue weighted by molar-refractivity contribution is 6.32. The molecule has 0 spiro atoms. The first-order valence-electron chi connectivity index (χ1n) is 7.24. The van der Waals surface area contributed by atoms with E-state index in [1.807, 2.05) is 12.1 Å². The molecule has 0 bridgehead atoms. The van der Waals surface area contributed by atoms with Gasteiger partial charge in [-0.25, -0.2) is 0 Å². The van der Waals surface area contributed by atoms with E-state index in [1.165, 1.54) is 18.3 Å². The van der Waals surface area contributed by atoms with Crippen molar-refractivity contribution in [2.75, 3.05) is 5.32 Å². The molecule has 0 aliphatic carbocycles. The molecular formula is C17H12Cl2N4O3. The van der Waals surface area contributed by atoms with Gasteiger partial charge in [-0.2, -0.15) is 5.26 Å². The van der Waals surface area contributed by atoms with Crippen LogP contribution < -0.4 is 10.6 Å². The van der Waals surface area contributed by atoms with Crippen molar-refractivity contribution in [3.05, 3.63) is 80.0 Å². The summed E-state index contributed by atoms with van der Waals surface area (Å²) in [7, 11) is 0. The van der Waals surface area contributed by atoms with Crippen molar-refractivity contribution in [1.29, 1.82) is 5.26 Å². The fourth-order valence-corrected chi connectivity index (χ4v) is 2.37. The van der Waals surface area contributed by atoms with Crippen molar-refractivity contribution in [3.8, 4) is 6.07 Å². The van der Waals surface area contributed by atoms with Gasteiger partial charge in [-0.15, -0.1) is 0 Å². The van der Waals surface area contributed by atoms with E-state index in [9.17, 15) is 14.9 Å². The average Bonchev–Trinajstić information content (AvgIpc) is 2.61. The second-order valence-electron chi connectivity index (χ2n) is 5.02. The Morgan fingerprint density at radius 1 is 1.23 bits per heavy atom. The van der Waals surface area contributed by atoms with E-state index in [4.69, 9.17) is 28.5 Å². The molecule has 0 heterocycles. The largest absolute Gasteiger partial charge is 0.386 e. The number of nitro groups is 1. The Hall–Kier alpha value is -3.08. The van der Waals surface area contributed by atoms with Crippen molar-refractivity contribution >= 4 is 40.5 Å². The molecule has 7 nitrogen and oxygen atoms in total. The zero-order chi connectivity index (χ0) is 19.1. The standard InChI is InChI=1S/C17H12Cl2N4O3/c18-14-4-2-1-3-11(14)9-21-10-12(8-20)17(24)22-13-5-6-15(19)16(7-13)23(25)26/h1-7,10,21H,9H2,(H,22,24)/b12-10-. The first kappa shape index (κ1) is 19.2. The van der Waals surface area contributed by atoms with Crippen molar-refractivity contribution in [1.82, 2.24) is 5.32 Å². The van der Waals surface area contributed by atoms with Gasteiger partial charge < -0.3 is 10.6 Å². The minimum atomic E-state index is -0.712. The van der Waals surface area contributed by atoms with Gasteiger partial charge in [0.25, 0.3) is 11.6 Å². The smallest absolute Gasteiger partial charge is 0.289 e. The number of nitro benzene ring substituents is 1. The summed E-state index contributed by atoms with van der Waals surface area (Å²) < 4.78 is 0. The molecule has 2 N–H and O–H groups in total. The lowest BCUT2D eigenvalue weighted by atomic mass is 10.2. The summed E-state index contributed by atoms with van der Waals surface area (Å²) in [5.74, 6) is -0.712.